The van der Waals surface area contributed by atoms with Crippen LogP contribution in [-0.4, -0.2) is 17.2 Å². The monoisotopic (exact) mass is 284 g/mol. The highest BCUT2D eigenvalue weighted by molar-refractivity contribution is 5.79. The number of aryl methyl sites for hydroxylation is 1. The van der Waals surface area contributed by atoms with Crippen LogP contribution in [0.2, 0.25) is 0 Å². The van der Waals surface area contributed by atoms with Crippen LogP contribution < -0.4 is 5.32 Å². The SMILES string of the molecule is CC1CC(C)CC(NCCCn2ccc3ccccc32)C1. The average molecular weight is 284 g/mol. The molecule has 0 saturated heterocycles. The molecule has 2 atom stereocenters. The summed E-state index contributed by atoms with van der Waals surface area (Å²) in [5.41, 5.74) is 1.36. The lowest BCUT2D eigenvalue weighted by Crippen LogP contribution is -2.37. The van der Waals surface area contributed by atoms with Crippen LogP contribution in [0.15, 0.2) is 36.5 Å². The first-order chi connectivity index (χ1) is 10.2. The number of nitrogens with zero attached hydrogens (tertiary/aromatic N) is 1. The summed E-state index contributed by atoms with van der Waals surface area (Å²) in [5, 5.41) is 5.13. The van der Waals surface area contributed by atoms with Crippen molar-refractivity contribution < 1.29 is 0 Å². The van der Waals surface area contributed by atoms with E-state index >= 15 is 0 Å². The predicted molar refractivity (Wildman–Crippen MR) is 90.5 cm³/mol. The molecule has 2 aromatic rings. The van der Waals surface area contributed by atoms with Crippen molar-refractivity contribution in [1.29, 1.82) is 0 Å². The highest BCUT2D eigenvalue weighted by Crippen LogP contribution is 2.28. The van der Waals surface area contributed by atoms with Crippen molar-refractivity contribution in [3.05, 3.63) is 36.5 Å². The maximum Gasteiger partial charge on any atom is 0.0480 e. The molecule has 0 spiro atoms. The van der Waals surface area contributed by atoms with Crippen LogP contribution in [0, 0.1) is 11.8 Å². The molecule has 1 aliphatic rings. The molecule has 2 unspecified atom stereocenters. The first-order valence-electron chi connectivity index (χ1n) is 8.49. The van der Waals surface area contributed by atoms with Crippen LogP contribution in [0.5, 0.6) is 0 Å². The Balaban J connectivity index is 1.46. The van der Waals surface area contributed by atoms with Gasteiger partial charge in [-0.25, -0.2) is 0 Å². The van der Waals surface area contributed by atoms with E-state index in [1.54, 1.807) is 0 Å². The van der Waals surface area contributed by atoms with Crippen LogP contribution in [0.4, 0.5) is 0 Å². The summed E-state index contributed by atoms with van der Waals surface area (Å²) in [6.45, 7) is 7.04. The number of hydrogen-bond donors (Lipinski definition) is 1. The van der Waals surface area contributed by atoms with Gasteiger partial charge in [0.25, 0.3) is 0 Å². The maximum atomic E-state index is 3.78. The Morgan fingerprint density at radius 1 is 1.05 bits per heavy atom. The second-order valence-corrected chi connectivity index (χ2v) is 6.99. The molecule has 114 valence electrons. The molecule has 1 saturated carbocycles. The van der Waals surface area contributed by atoms with E-state index in [4.69, 9.17) is 0 Å². The van der Waals surface area contributed by atoms with Gasteiger partial charge >= 0.3 is 0 Å². The summed E-state index contributed by atoms with van der Waals surface area (Å²) in [6.07, 6.45) is 7.55. The molecule has 1 N–H and O–H groups in total. The number of benzene rings is 1. The van der Waals surface area contributed by atoms with Gasteiger partial charge in [0.1, 0.15) is 0 Å². The minimum atomic E-state index is 0.741. The minimum Gasteiger partial charge on any atom is -0.347 e. The van der Waals surface area contributed by atoms with E-state index in [1.165, 1.54) is 36.6 Å². The second-order valence-electron chi connectivity index (χ2n) is 6.99. The standard InChI is InChI=1S/C19H28N2/c1-15-12-16(2)14-18(13-15)20-9-5-10-21-11-8-17-6-3-4-7-19(17)21/h3-4,6-8,11,15-16,18,20H,5,9-10,12-14H2,1-2H3. The van der Waals surface area contributed by atoms with E-state index in [1.807, 2.05) is 0 Å². The van der Waals surface area contributed by atoms with Gasteiger partial charge in [0.2, 0.25) is 0 Å². The highest BCUT2D eigenvalue weighted by Gasteiger charge is 2.22. The molecule has 0 aliphatic heterocycles. The van der Waals surface area contributed by atoms with Crippen molar-refractivity contribution in [2.75, 3.05) is 6.54 Å². The Bertz CT molecular complexity index is 562. The zero-order valence-corrected chi connectivity index (χ0v) is 13.4. The lowest BCUT2D eigenvalue weighted by Gasteiger charge is -2.32. The first kappa shape index (κ1) is 14.6. The summed E-state index contributed by atoms with van der Waals surface area (Å²) in [5.74, 6) is 1.78. The molecule has 3 rings (SSSR count). The van der Waals surface area contributed by atoms with Gasteiger partial charge in [-0.3, -0.25) is 0 Å². The molecule has 2 heteroatoms. The van der Waals surface area contributed by atoms with Crippen LogP contribution >= 0.6 is 0 Å². The maximum absolute atomic E-state index is 3.78. The molecular formula is C19H28N2. The molecule has 0 radical (unpaired) electrons. The minimum absolute atomic E-state index is 0.741. The fourth-order valence-corrected chi connectivity index (χ4v) is 4.00. The second kappa shape index (κ2) is 6.65. The fourth-order valence-electron chi connectivity index (χ4n) is 4.00. The normalized spacial score (nSPS) is 26.3. The largest absolute Gasteiger partial charge is 0.347 e. The van der Waals surface area contributed by atoms with Crippen LogP contribution in [-0.2, 0) is 6.54 Å². The molecule has 1 aliphatic carbocycles. The van der Waals surface area contributed by atoms with E-state index in [0.29, 0.717) is 0 Å². The molecule has 2 nitrogen and oxygen atoms in total. The van der Waals surface area contributed by atoms with Crippen molar-refractivity contribution >= 4 is 10.9 Å². The molecular weight excluding hydrogens is 256 g/mol. The number of hydrogen-bond acceptors (Lipinski definition) is 1. The Hall–Kier alpha value is -1.28. The summed E-state index contributed by atoms with van der Waals surface area (Å²) < 4.78 is 2.38. The number of fused-ring (bicyclic) bond motifs is 1. The zero-order chi connectivity index (χ0) is 14.7. The van der Waals surface area contributed by atoms with Crippen LogP contribution in [0.25, 0.3) is 10.9 Å². The Morgan fingerprint density at radius 2 is 1.81 bits per heavy atom. The van der Waals surface area contributed by atoms with Gasteiger partial charge < -0.3 is 9.88 Å². The lowest BCUT2D eigenvalue weighted by atomic mass is 9.80. The van der Waals surface area contributed by atoms with Gasteiger partial charge in [-0.15, -0.1) is 0 Å². The van der Waals surface area contributed by atoms with Crippen molar-refractivity contribution in [1.82, 2.24) is 9.88 Å². The summed E-state index contributed by atoms with van der Waals surface area (Å²) >= 11 is 0. The first-order valence-corrected chi connectivity index (χ1v) is 8.49. The fraction of sp³-hybridized carbons (Fsp3) is 0.579. The van der Waals surface area contributed by atoms with Crippen molar-refractivity contribution in [3.8, 4) is 0 Å². The van der Waals surface area contributed by atoms with E-state index < -0.39 is 0 Å². The highest BCUT2D eigenvalue weighted by atomic mass is 15.0. The van der Waals surface area contributed by atoms with E-state index in [9.17, 15) is 0 Å². The predicted octanol–water partition coefficient (Wildman–Crippen LogP) is 4.45. The van der Waals surface area contributed by atoms with E-state index in [0.717, 1.165) is 31.0 Å². The zero-order valence-electron chi connectivity index (χ0n) is 13.4. The Morgan fingerprint density at radius 3 is 2.62 bits per heavy atom. The molecule has 0 amide bonds. The number of aromatic nitrogens is 1. The van der Waals surface area contributed by atoms with Gasteiger partial charge in [0, 0.05) is 24.3 Å². The van der Waals surface area contributed by atoms with Gasteiger partial charge in [-0.1, -0.05) is 32.0 Å². The van der Waals surface area contributed by atoms with Crippen molar-refractivity contribution in [3.63, 3.8) is 0 Å². The third kappa shape index (κ3) is 3.68. The molecule has 1 heterocycles. The lowest BCUT2D eigenvalue weighted by molar-refractivity contribution is 0.238. The Labute approximate surface area is 128 Å². The number of nitrogens with one attached hydrogen (secondary N) is 1. The average Bonchev–Trinajstić information content (AvgIpc) is 2.86. The van der Waals surface area contributed by atoms with Crippen LogP contribution in [0.3, 0.4) is 0 Å². The summed E-state index contributed by atoms with van der Waals surface area (Å²) in [7, 11) is 0. The third-order valence-corrected chi connectivity index (χ3v) is 4.87. The Kier molecular flexibility index (Phi) is 4.64. The van der Waals surface area contributed by atoms with Crippen LogP contribution in [0.1, 0.15) is 39.5 Å². The smallest absolute Gasteiger partial charge is 0.0480 e. The summed E-state index contributed by atoms with van der Waals surface area (Å²) in [6, 6.07) is 11.6. The molecule has 1 aromatic carbocycles. The van der Waals surface area contributed by atoms with Gasteiger partial charge in [-0.2, -0.15) is 0 Å². The molecule has 1 aromatic heterocycles. The summed E-state index contributed by atoms with van der Waals surface area (Å²) in [4.78, 5) is 0. The van der Waals surface area contributed by atoms with Gasteiger partial charge in [0.15, 0.2) is 0 Å². The van der Waals surface area contributed by atoms with E-state index in [2.05, 4.69) is 60.3 Å². The number of para-hydroxylation sites is 1. The topological polar surface area (TPSA) is 17.0 Å². The number of rotatable bonds is 5. The van der Waals surface area contributed by atoms with Crippen molar-refractivity contribution in [2.24, 2.45) is 11.8 Å². The molecule has 0 bridgehead atoms. The molecule has 21 heavy (non-hydrogen) atoms. The van der Waals surface area contributed by atoms with Crippen molar-refractivity contribution in [2.45, 2.75) is 52.1 Å². The quantitative estimate of drug-likeness (QED) is 0.803. The third-order valence-electron chi connectivity index (χ3n) is 4.87. The van der Waals surface area contributed by atoms with Gasteiger partial charge in [0.05, 0.1) is 0 Å². The molecule has 1 fully saturated rings. The van der Waals surface area contributed by atoms with Gasteiger partial charge in [-0.05, 0) is 61.6 Å². The van der Waals surface area contributed by atoms with E-state index in [-0.39, 0.29) is 0 Å².